The molecule has 0 aliphatic carbocycles. The molecule has 0 bridgehead atoms. The highest BCUT2D eigenvalue weighted by molar-refractivity contribution is 6.30. The number of carbonyl (C=O) groups is 1. The van der Waals surface area contributed by atoms with Gasteiger partial charge in [-0.2, -0.15) is 0 Å². The first-order valence-corrected chi connectivity index (χ1v) is 8.00. The Bertz CT molecular complexity index is 924. The van der Waals surface area contributed by atoms with Crippen LogP contribution in [0.4, 0.5) is 0 Å². The van der Waals surface area contributed by atoms with Crippen LogP contribution in [0.2, 0.25) is 5.02 Å². The molecule has 7 heteroatoms. The number of nitrogens with one attached hydrogen (secondary N) is 2. The van der Waals surface area contributed by atoms with Crippen molar-refractivity contribution < 1.29 is 4.79 Å². The van der Waals surface area contributed by atoms with E-state index in [4.69, 9.17) is 11.6 Å². The number of amides is 1. The van der Waals surface area contributed by atoms with Crippen LogP contribution in [0.25, 0.3) is 11.4 Å². The quantitative estimate of drug-likeness (QED) is 0.736. The zero-order chi connectivity index (χ0) is 17.6. The summed E-state index contributed by atoms with van der Waals surface area (Å²) < 4.78 is 0. The number of hydrogen-bond donors (Lipinski definition) is 2. The first-order chi connectivity index (χ1) is 12.1. The predicted octanol–water partition coefficient (Wildman–Crippen LogP) is 2.34. The third-order valence-electron chi connectivity index (χ3n) is 3.53. The highest BCUT2D eigenvalue weighted by Crippen LogP contribution is 2.16. The number of pyridine rings is 1. The van der Waals surface area contributed by atoms with Crippen LogP contribution >= 0.6 is 11.6 Å². The molecule has 126 valence electrons. The molecule has 0 fully saturated rings. The molecular weight excluding hydrogens is 340 g/mol. The normalized spacial score (nSPS) is 10.4. The van der Waals surface area contributed by atoms with E-state index in [1.54, 1.807) is 36.5 Å². The summed E-state index contributed by atoms with van der Waals surface area (Å²) in [5.41, 5.74) is 1.46. The van der Waals surface area contributed by atoms with Crippen molar-refractivity contribution in [3.63, 3.8) is 0 Å². The lowest BCUT2D eigenvalue weighted by Crippen LogP contribution is -2.28. The van der Waals surface area contributed by atoms with Gasteiger partial charge in [0.1, 0.15) is 5.82 Å². The fraction of sp³-hybridized carbons (Fsp3) is 0.111. The van der Waals surface area contributed by atoms with Crippen molar-refractivity contribution in [3.05, 3.63) is 81.5 Å². The van der Waals surface area contributed by atoms with E-state index in [0.717, 1.165) is 11.3 Å². The Balaban J connectivity index is 1.66. The number of H-pyrrole nitrogens is 1. The molecule has 0 aliphatic rings. The number of halogens is 1. The Kier molecular flexibility index (Phi) is 5.20. The smallest absolute Gasteiger partial charge is 0.254 e. The van der Waals surface area contributed by atoms with Gasteiger partial charge in [0.15, 0.2) is 0 Å². The van der Waals surface area contributed by atoms with Gasteiger partial charge in [-0.15, -0.1) is 0 Å². The molecule has 3 rings (SSSR count). The van der Waals surface area contributed by atoms with Gasteiger partial charge in [0, 0.05) is 28.5 Å². The Morgan fingerprint density at radius 3 is 2.60 bits per heavy atom. The van der Waals surface area contributed by atoms with Gasteiger partial charge in [0.2, 0.25) is 5.91 Å². The van der Waals surface area contributed by atoms with Gasteiger partial charge in [0.25, 0.3) is 5.56 Å². The monoisotopic (exact) mass is 354 g/mol. The third-order valence-corrected chi connectivity index (χ3v) is 3.79. The van der Waals surface area contributed by atoms with Gasteiger partial charge >= 0.3 is 0 Å². The molecule has 0 saturated carbocycles. The van der Waals surface area contributed by atoms with Gasteiger partial charge in [-0.3, -0.25) is 14.6 Å². The molecule has 0 radical (unpaired) electrons. The van der Waals surface area contributed by atoms with E-state index in [-0.39, 0.29) is 17.9 Å². The average Bonchev–Trinajstić information content (AvgIpc) is 2.63. The second-order valence-electron chi connectivity index (χ2n) is 5.37. The summed E-state index contributed by atoms with van der Waals surface area (Å²) in [6.07, 6.45) is 3.03. The van der Waals surface area contributed by atoms with E-state index >= 15 is 0 Å². The van der Waals surface area contributed by atoms with Crippen molar-refractivity contribution >= 4 is 17.5 Å². The molecule has 25 heavy (non-hydrogen) atoms. The Labute approximate surface area is 148 Å². The zero-order valence-corrected chi connectivity index (χ0v) is 14.0. The Hall–Kier alpha value is -2.99. The Morgan fingerprint density at radius 1 is 1.12 bits per heavy atom. The van der Waals surface area contributed by atoms with Gasteiger partial charge in [-0.1, -0.05) is 17.7 Å². The number of rotatable bonds is 5. The molecule has 0 unspecified atom stereocenters. The molecule has 1 amide bonds. The van der Waals surface area contributed by atoms with Crippen molar-refractivity contribution in [2.24, 2.45) is 0 Å². The van der Waals surface area contributed by atoms with Gasteiger partial charge in [0.05, 0.1) is 18.7 Å². The van der Waals surface area contributed by atoms with Crippen molar-refractivity contribution in [3.8, 4) is 11.4 Å². The summed E-state index contributed by atoms with van der Waals surface area (Å²) in [5, 5.41) is 3.33. The van der Waals surface area contributed by atoms with Crippen LogP contribution in [-0.4, -0.2) is 20.9 Å². The number of aromatic amines is 1. The molecule has 0 atom stereocenters. The van der Waals surface area contributed by atoms with Gasteiger partial charge in [-0.05, 0) is 36.4 Å². The maximum atomic E-state index is 12.2. The van der Waals surface area contributed by atoms with Crippen LogP contribution in [0.5, 0.6) is 0 Å². The first kappa shape index (κ1) is 16.9. The fourth-order valence-electron chi connectivity index (χ4n) is 2.23. The van der Waals surface area contributed by atoms with Crippen molar-refractivity contribution in [1.29, 1.82) is 0 Å². The molecule has 0 spiro atoms. The lowest BCUT2D eigenvalue weighted by Gasteiger charge is -2.05. The third kappa shape index (κ3) is 4.51. The van der Waals surface area contributed by atoms with E-state index in [9.17, 15) is 9.59 Å². The zero-order valence-electron chi connectivity index (χ0n) is 13.2. The SMILES string of the molecule is O=C(Cc1cnc(-c2ccc(Cl)cc2)[nH]c1=O)NCc1ccccn1. The van der Waals surface area contributed by atoms with Crippen LogP contribution < -0.4 is 10.9 Å². The summed E-state index contributed by atoms with van der Waals surface area (Å²) in [6.45, 7) is 0.313. The number of benzene rings is 1. The molecule has 2 heterocycles. The second kappa shape index (κ2) is 7.72. The fourth-order valence-corrected chi connectivity index (χ4v) is 2.35. The lowest BCUT2D eigenvalue weighted by atomic mass is 10.2. The van der Waals surface area contributed by atoms with Crippen LogP contribution in [0.15, 0.2) is 59.7 Å². The minimum Gasteiger partial charge on any atom is -0.350 e. The summed E-state index contributed by atoms with van der Waals surface area (Å²) in [6, 6.07) is 12.4. The average molecular weight is 355 g/mol. The highest BCUT2D eigenvalue weighted by atomic mass is 35.5. The molecule has 6 nitrogen and oxygen atoms in total. The maximum Gasteiger partial charge on any atom is 0.254 e. The van der Waals surface area contributed by atoms with Crippen LogP contribution in [0, 0.1) is 0 Å². The number of carbonyl (C=O) groups excluding carboxylic acids is 1. The lowest BCUT2D eigenvalue weighted by molar-refractivity contribution is -0.120. The largest absolute Gasteiger partial charge is 0.350 e. The molecular formula is C18H15ClN4O2. The summed E-state index contributed by atoms with van der Waals surface area (Å²) in [4.78, 5) is 35.2. The van der Waals surface area contributed by atoms with Crippen LogP contribution in [0.3, 0.4) is 0 Å². The summed E-state index contributed by atoms with van der Waals surface area (Å²) in [5.74, 6) is 0.163. The van der Waals surface area contributed by atoms with Gasteiger partial charge < -0.3 is 10.3 Å². The van der Waals surface area contributed by atoms with Crippen molar-refractivity contribution in [2.75, 3.05) is 0 Å². The maximum absolute atomic E-state index is 12.2. The topological polar surface area (TPSA) is 87.7 Å². The van der Waals surface area contributed by atoms with E-state index in [1.165, 1.54) is 6.20 Å². The van der Waals surface area contributed by atoms with Crippen LogP contribution in [0.1, 0.15) is 11.3 Å². The standard InChI is InChI=1S/C18H15ClN4O2/c19-14-6-4-12(5-7-14)17-22-10-13(18(25)23-17)9-16(24)21-11-15-3-1-2-8-20-15/h1-8,10H,9,11H2,(H,21,24)(H,22,23,25). The molecule has 2 N–H and O–H groups in total. The number of hydrogen-bond acceptors (Lipinski definition) is 4. The summed E-state index contributed by atoms with van der Waals surface area (Å²) >= 11 is 5.85. The second-order valence-corrected chi connectivity index (χ2v) is 5.80. The molecule has 2 aromatic heterocycles. The van der Waals surface area contributed by atoms with E-state index in [2.05, 4.69) is 20.3 Å². The minimum atomic E-state index is -0.340. The molecule has 0 saturated heterocycles. The van der Waals surface area contributed by atoms with E-state index < -0.39 is 0 Å². The van der Waals surface area contributed by atoms with Crippen LogP contribution in [-0.2, 0) is 17.8 Å². The number of nitrogens with zero attached hydrogens (tertiary/aromatic N) is 2. The minimum absolute atomic E-state index is 0.0456. The Morgan fingerprint density at radius 2 is 1.92 bits per heavy atom. The van der Waals surface area contributed by atoms with Crippen molar-refractivity contribution in [1.82, 2.24) is 20.3 Å². The van der Waals surface area contributed by atoms with E-state index in [1.807, 2.05) is 12.1 Å². The van der Waals surface area contributed by atoms with E-state index in [0.29, 0.717) is 23.0 Å². The first-order valence-electron chi connectivity index (χ1n) is 7.62. The predicted molar refractivity (Wildman–Crippen MR) is 95.1 cm³/mol. The highest BCUT2D eigenvalue weighted by Gasteiger charge is 2.09. The molecule has 1 aromatic carbocycles. The van der Waals surface area contributed by atoms with Crippen molar-refractivity contribution in [2.45, 2.75) is 13.0 Å². The van der Waals surface area contributed by atoms with Gasteiger partial charge in [-0.25, -0.2) is 4.98 Å². The molecule has 3 aromatic rings. The summed E-state index contributed by atoms with van der Waals surface area (Å²) in [7, 11) is 0. The number of aromatic nitrogens is 3. The molecule has 0 aliphatic heterocycles.